The Balaban J connectivity index is 1.38. The van der Waals surface area contributed by atoms with Gasteiger partial charge in [0, 0.05) is 10.7 Å². The first-order valence-corrected chi connectivity index (χ1v) is 11.0. The molecule has 2 aromatic carbocycles. The number of anilines is 2. The number of carbonyl (C=O) groups is 4. The minimum atomic E-state index is -0.690. The quantitative estimate of drug-likeness (QED) is 0.406. The zero-order valence-corrected chi connectivity index (χ0v) is 19.0. The predicted molar refractivity (Wildman–Crippen MR) is 124 cm³/mol. The normalized spacial score (nSPS) is 21.7. The van der Waals surface area contributed by atoms with Crippen LogP contribution in [0.5, 0.6) is 0 Å². The van der Waals surface area contributed by atoms with Gasteiger partial charge in [0.25, 0.3) is 5.91 Å². The third-order valence-electron chi connectivity index (χ3n) is 6.04. The van der Waals surface area contributed by atoms with Crippen molar-refractivity contribution in [2.24, 2.45) is 17.8 Å². The van der Waals surface area contributed by atoms with Crippen molar-refractivity contribution < 1.29 is 23.9 Å². The third kappa shape index (κ3) is 4.54. The number of fused-ring (bicyclic) bond motifs is 1. The van der Waals surface area contributed by atoms with Gasteiger partial charge in [0.15, 0.2) is 6.61 Å². The average molecular weight is 467 g/mol. The van der Waals surface area contributed by atoms with Crippen molar-refractivity contribution in [3.8, 4) is 0 Å². The van der Waals surface area contributed by atoms with E-state index in [2.05, 4.69) is 5.32 Å². The van der Waals surface area contributed by atoms with Crippen molar-refractivity contribution >= 4 is 46.7 Å². The Labute approximate surface area is 196 Å². The van der Waals surface area contributed by atoms with E-state index < -0.39 is 18.5 Å². The molecule has 7 nitrogen and oxygen atoms in total. The molecule has 1 saturated heterocycles. The van der Waals surface area contributed by atoms with Gasteiger partial charge in [-0.15, -0.1) is 0 Å². The molecule has 3 amide bonds. The second kappa shape index (κ2) is 9.19. The van der Waals surface area contributed by atoms with Crippen LogP contribution >= 0.6 is 11.6 Å². The van der Waals surface area contributed by atoms with Crippen LogP contribution < -0.4 is 10.2 Å². The highest BCUT2D eigenvalue weighted by molar-refractivity contribution is 6.31. The van der Waals surface area contributed by atoms with Gasteiger partial charge in [0.05, 0.1) is 23.1 Å². The third-order valence-corrected chi connectivity index (χ3v) is 6.28. The van der Waals surface area contributed by atoms with Crippen molar-refractivity contribution in [2.75, 3.05) is 16.8 Å². The van der Waals surface area contributed by atoms with Gasteiger partial charge in [-0.05, 0) is 61.2 Å². The van der Waals surface area contributed by atoms with Crippen molar-refractivity contribution in [2.45, 2.75) is 20.3 Å². The summed E-state index contributed by atoms with van der Waals surface area (Å²) in [6.45, 7) is 3.29. The van der Waals surface area contributed by atoms with Gasteiger partial charge in [-0.2, -0.15) is 0 Å². The Morgan fingerprint density at radius 2 is 1.85 bits per heavy atom. The first kappa shape index (κ1) is 22.7. The molecule has 2 aliphatic rings. The first-order valence-electron chi connectivity index (χ1n) is 10.6. The lowest BCUT2D eigenvalue weighted by atomic mass is 9.78. The molecule has 1 aliphatic heterocycles. The van der Waals surface area contributed by atoms with Gasteiger partial charge in [0.2, 0.25) is 11.8 Å². The van der Waals surface area contributed by atoms with E-state index in [0.29, 0.717) is 22.8 Å². The van der Waals surface area contributed by atoms with Crippen molar-refractivity contribution in [1.82, 2.24) is 0 Å². The zero-order valence-electron chi connectivity index (χ0n) is 18.2. The molecule has 0 bridgehead atoms. The fourth-order valence-corrected chi connectivity index (χ4v) is 4.45. The minimum Gasteiger partial charge on any atom is -0.452 e. The molecule has 0 spiro atoms. The smallest absolute Gasteiger partial charge is 0.338 e. The van der Waals surface area contributed by atoms with Crippen LogP contribution in [0, 0.1) is 24.7 Å². The molecule has 1 N–H and O–H groups in total. The second-order valence-corrected chi connectivity index (χ2v) is 8.73. The Kier molecular flexibility index (Phi) is 6.33. The summed E-state index contributed by atoms with van der Waals surface area (Å²) in [5.41, 5.74) is 1.98. The predicted octanol–water partition coefficient (Wildman–Crippen LogP) is 4.15. The van der Waals surface area contributed by atoms with Gasteiger partial charge in [0.1, 0.15) is 0 Å². The molecular formula is C25H23ClN2O5. The van der Waals surface area contributed by atoms with Gasteiger partial charge in [-0.3, -0.25) is 19.3 Å². The molecule has 1 heterocycles. The largest absolute Gasteiger partial charge is 0.452 e. The number of aryl methyl sites for hydroxylation is 1. The van der Waals surface area contributed by atoms with Gasteiger partial charge >= 0.3 is 5.97 Å². The van der Waals surface area contributed by atoms with E-state index in [1.807, 2.05) is 26.0 Å². The summed E-state index contributed by atoms with van der Waals surface area (Å²) >= 11 is 5.94. The number of imide groups is 1. The van der Waals surface area contributed by atoms with Gasteiger partial charge in [-0.1, -0.05) is 36.7 Å². The van der Waals surface area contributed by atoms with E-state index in [1.54, 1.807) is 18.2 Å². The van der Waals surface area contributed by atoms with Crippen LogP contribution in [-0.2, 0) is 19.1 Å². The molecule has 0 saturated carbocycles. The molecule has 0 radical (unpaired) electrons. The maximum absolute atomic E-state index is 12.9. The maximum atomic E-state index is 12.9. The number of nitrogens with one attached hydrogen (secondary N) is 1. The number of benzene rings is 2. The van der Waals surface area contributed by atoms with E-state index in [9.17, 15) is 19.2 Å². The van der Waals surface area contributed by atoms with E-state index in [4.69, 9.17) is 16.3 Å². The number of carbonyl (C=O) groups excluding carboxylic acids is 4. The van der Waals surface area contributed by atoms with Gasteiger partial charge < -0.3 is 10.1 Å². The average Bonchev–Trinajstić information content (AvgIpc) is 3.05. The Morgan fingerprint density at radius 3 is 2.55 bits per heavy atom. The SMILES string of the molecule is Cc1ccc(Cl)cc1NC(=O)COC(=O)c1ccc(N2C(=O)[C@@H]3[C@H](C)C=CC[C@H]3C2=O)cc1. The number of amides is 3. The summed E-state index contributed by atoms with van der Waals surface area (Å²) in [5, 5.41) is 3.13. The molecule has 4 rings (SSSR count). The summed E-state index contributed by atoms with van der Waals surface area (Å²) in [4.78, 5) is 51.4. The number of nitrogens with zero attached hydrogens (tertiary/aromatic N) is 1. The summed E-state index contributed by atoms with van der Waals surface area (Å²) < 4.78 is 5.09. The Hall–Kier alpha value is -3.45. The molecule has 33 heavy (non-hydrogen) atoms. The monoisotopic (exact) mass is 466 g/mol. The fourth-order valence-electron chi connectivity index (χ4n) is 4.28. The van der Waals surface area contributed by atoms with E-state index >= 15 is 0 Å². The summed E-state index contributed by atoms with van der Waals surface area (Å²) in [5.74, 6) is -2.32. The Morgan fingerprint density at radius 1 is 1.12 bits per heavy atom. The molecule has 8 heteroatoms. The van der Waals surface area contributed by atoms with Crippen molar-refractivity contribution in [1.29, 1.82) is 0 Å². The van der Waals surface area contributed by atoms with Crippen LogP contribution in [0.25, 0.3) is 0 Å². The lowest BCUT2D eigenvalue weighted by molar-refractivity contribution is -0.123. The number of hydrogen-bond acceptors (Lipinski definition) is 5. The highest BCUT2D eigenvalue weighted by Gasteiger charge is 2.50. The molecule has 1 aliphatic carbocycles. The van der Waals surface area contributed by atoms with E-state index in [-0.39, 0.29) is 35.1 Å². The highest BCUT2D eigenvalue weighted by Crippen LogP contribution is 2.40. The first-order chi connectivity index (χ1) is 15.8. The highest BCUT2D eigenvalue weighted by atomic mass is 35.5. The Bertz CT molecular complexity index is 1160. The number of rotatable bonds is 5. The number of ether oxygens (including phenoxy) is 1. The van der Waals surface area contributed by atoms with Crippen molar-refractivity contribution in [3.63, 3.8) is 0 Å². The van der Waals surface area contributed by atoms with Crippen LogP contribution in [0.15, 0.2) is 54.6 Å². The second-order valence-electron chi connectivity index (χ2n) is 8.30. The van der Waals surface area contributed by atoms with Crippen LogP contribution in [0.2, 0.25) is 5.02 Å². The lowest BCUT2D eigenvalue weighted by Gasteiger charge is -2.22. The topological polar surface area (TPSA) is 92.8 Å². The summed E-state index contributed by atoms with van der Waals surface area (Å²) in [6.07, 6.45) is 4.47. The molecule has 1 fully saturated rings. The van der Waals surface area contributed by atoms with Crippen LogP contribution in [0.3, 0.4) is 0 Å². The minimum absolute atomic E-state index is 0.00120. The molecule has 0 unspecified atom stereocenters. The van der Waals surface area contributed by atoms with E-state index in [1.165, 1.54) is 29.2 Å². The lowest BCUT2D eigenvalue weighted by Crippen LogP contribution is -2.31. The summed E-state index contributed by atoms with van der Waals surface area (Å²) in [7, 11) is 0. The number of allylic oxidation sites excluding steroid dienone is 2. The number of esters is 1. The fraction of sp³-hybridized carbons (Fsp3) is 0.280. The molecule has 2 aromatic rings. The molecule has 170 valence electrons. The molecular weight excluding hydrogens is 444 g/mol. The standard InChI is InChI=1S/C25H23ClN2O5/c1-14-6-9-17(26)12-20(14)27-21(29)13-33-25(32)16-7-10-18(11-8-16)28-23(30)19-5-3-4-15(2)22(19)24(28)31/h3-4,6-12,15,19,22H,5,13H2,1-2H3,(H,27,29)/t15-,19-,22-/m1/s1. The van der Waals surface area contributed by atoms with E-state index in [0.717, 1.165) is 5.56 Å². The molecule has 3 atom stereocenters. The van der Waals surface area contributed by atoms with Crippen LogP contribution in [0.1, 0.15) is 29.3 Å². The van der Waals surface area contributed by atoms with Crippen LogP contribution in [-0.4, -0.2) is 30.3 Å². The maximum Gasteiger partial charge on any atom is 0.338 e. The van der Waals surface area contributed by atoms with Crippen molar-refractivity contribution in [3.05, 3.63) is 70.8 Å². The number of hydrogen-bond donors (Lipinski definition) is 1. The van der Waals surface area contributed by atoms with Gasteiger partial charge in [-0.25, -0.2) is 4.79 Å². The molecule has 0 aromatic heterocycles. The zero-order chi connectivity index (χ0) is 23.7. The van der Waals surface area contributed by atoms with Crippen LogP contribution in [0.4, 0.5) is 11.4 Å². The number of halogens is 1. The summed E-state index contributed by atoms with van der Waals surface area (Å²) in [6, 6.07) is 11.1.